The first-order valence-electron chi connectivity index (χ1n) is 28.5. The highest BCUT2D eigenvalue weighted by molar-refractivity contribution is 14.1. The molecule has 88 heavy (non-hydrogen) atoms. The number of hydrogen-bond donors (Lipinski definition) is 7. The normalized spacial score (nSPS) is 34.8. The van der Waals surface area contributed by atoms with Crippen LogP contribution in [0.15, 0.2) is 64.4 Å². The number of rotatable bonds is 23. The van der Waals surface area contributed by atoms with E-state index < -0.39 is 133 Å². The molecule has 19 atom stereocenters. The van der Waals surface area contributed by atoms with Crippen molar-refractivity contribution in [1.82, 2.24) is 15.8 Å². The van der Waals surface area contributed by atoms with E-state index in [-0.39, 0.29) is 76.9 Å². The lowest BCUT2D eigenvalue weighted by Gasteiger charge is -2.46. The van der Waals surface area contributed by atoms with Crippen molar-refractivity contribution in [2.75, 3.05) is 54.5 Å². The molecule has 1 aromatic heterocycles. The highest BCUT2D eigenvalue weighted by atomic mass is 127. The van der Waals surface area contributed by atoms with E-state index in [1.807, 2.05) is 41.6 Å². The molecule has 4 fully saturated rings. The van der Waals surface area contributed by atoms with Crippen LogP contribution in [0.2, 0.25) is 0 Å². The van der Waals surface area contributed by atoms with Gasteiger partial charge in [-0.3, -0.25) is 24.2 Å². The number of nitrogens with one attached hydrogen (secondary N) is 2. The fourth-order valence-corrected chi connectivity index (χ4v) is 14.7. The first kappa shape index (κ1) is 69.9. The van der Waals surface area contributed by atoms with Gasteiger partial charge in [0.2, 0.25) is 17.2 Å². The summed E-state index contributed by atoms with van der Waals surface area (Å²) in [6.45, 7) is 9.42. The minimum absolute atomic E-state index is 0.0199. The molecule has 0 amide bonds. The van der Waals surface area contributed by atoms with Crippen LogP contribution in [0.4, 0.5) is 0 Å². The predicted molar refractivity (Wildman–Crippen MR) is 330 cm³/mol. The third-order valence-electron chi connectivity index (χ3n) is 15.7. The number of allylic oxidation sites excluding steroid dienone is 2. The number of halogens is 1. The first-order valence-corrected chi connectivity index (χ1v) is 32.8. The molecule has 0 unspecified atom stereocenters. The number of likely N-dealkylation sites (N-methyl/N-ethyl adjacent to an activating group) is 1. The number of hydrogen-bond acceptors (Lipinski definition) is 27. The Labute approximate surface area is 537 Å². The molecule has 2 aliphatic carbocycles. The average Bonchev–Trinajstić information content (AvgIpc) is 2.97. The number of hydroxylamine groups is 1. The summed E-state index contributed by atoms with van der Waals surface area (Å²) in [4.78, 5) is 53.0. The standard InChI is InChI=1S/C60H76IN3O21S3/c1-11-63-36-28-78-42(26-40(36)73-6)83-54-49(69)47(30(3)80-59(54)82-39-16-14-12-13-15-20-60(72)27-38(66)34(24-41(67)74-7)45(39)35(60)19-23-86-88-33-17-21-62-22-18-33)64-85-43-25-37(65)56(32(5)79-43)87-57(71)44-29(2)46(61)52(55(77-10)51(44)75-8)84-58-50(70)53(76-9)48(68)31(4)81-58/h12-13,17-19,21-22,30-32,36-37,39-40,42-43,47-50,53-54,56,58-59,63-65,68-70,72H,11,23-28H2,1-10H3/b13-12-,35-19+/t30-,31+,32-,36+,37+,39+,40+,42+,43+,47-,48+,49-,50-,53-,54-,56-,58+,59+,60+/m1/s1. The topological polar surface area (TPSA) is 309 Å². The molecule has 482 valence electrons. The zero-order chi connectivity index (χ0) is 63.6. The van der Waals surface area contributed by atoms with Gasteiger partial charge in [0.25, 0.3) is 0 Å². The minimum Gasteiger partial charge on any atom is -0.492 e. The Bertz CT molecular complexity index is 3000. The van der Waals surface area contributed by atoms with Crippen molar-refractivity contribution in [3.05, 3.63) is 74.2 Å². The monoisotopic (exact) mass is 1400 g/mol. The van der Waals surface area contributed by atoms with Crippen molar-refractivity contribution in [2.45, 2.75) is 180 Å². The summed E-state index contributed by atoms with van der Waals surface area (Å²) in [5, 5.41) is 60.5. The fraction of sp³-hybridized carbons (Fsp3) is 0.600. The Balaban J connectivity index is 1.03. The van der Waals surface area contributed by atoms with Crippen LogP contribution in [0.25, 0.3) is 0 Å². The van der Waals surface area contributed by atoms with Crippen LogP contribution in [0, 0.1) is 34.2 Å². The molecular weight excluding hydrogens is 1320 g/mol. The number of aromatic nitrogens is 1. The lowest BCUT2D eigenvalue weighted by molar-refractivity contribution is -0.336. The summed E-state index contributed by atoms with van der Waals surface area (Å²) in [5.74, 6) is 10.8. The minimum atomic E-state index is -2.06. The molecule has 4 saturated heterocycles. The Morgan fingerprint density at radius 3 is 2.28 bits per heavy atom. The van der Waals surface area contributed by atoms with Gasteiger partial charge in [0, 0.05) is 66.8 Å². The van der Waals surface area contributed by atoms with Gasteiger partial charge in [0.15, 0.2) is 41.8 Å². The zero-order valence-corrected chi connectivity index (χ0v) is 54.8. The van der Waals surface area contributed by atoms with Crippen LogP contribution in [0.3, 0.4) is 0 Å². The number of carbonyl (C=O) groups is 3. The van der Waals surface area contributed by atoms with Gasteiger partial charge in [-0.05, 0) is 86.7 Å². The van der Waals surface area contributed by atoms with Crippen LogP contribution in [-0.4, -0.2) is 217 Å². The number of esters is 1. The quantitative estimate of drug-likeness (QED) is 0.0209. The van der Waals surface area contributed by atoms with Crippen LogP contribution in [-0.2, 0) is 57.1 Å². The molecule has 0 radical (unpaired) electrons. The van der Waals surface area contributed by atoms with Crippen LogP contribution in [0.5, 0.6) is 17.2 Å². The summed E-state index contributed by atoms with van der Waals surface area (Å²) in [7, 11) is 9.76. The van der Waals surface area contributed by atoms with E-state index in [9.17, 15) is 39.9 Å². The lowest BCUT2D eigenvalue weighted by Crippen LogP contribution is -2.65. The van der Waals surface area contributed by atoms with E-state index >= 15 is 0 Å². The summed E-state index contributed by atoms with van der Waals surface area (Å²) in [6, 6.07) is 2.43. The summed E-state index contributed by atoms with van der Waals surface area (Å²) in [5.41, 5.74) is 1.66. The lowest BCUT2D eigenvalue weighted by atomic mass is 9.72. The number of fused-ring (bicyclic) bond motifs is 2. The third-order valence-corrected chi connectivity index (χ3v) is 20.6. The fourth-order valence-electron chi connectivity index (χ4n) is 11.1. The molecule has 28 heteroatoms. The third kappa shape index (κ3) is 16.1. The van der Waals surface area contributed by atoms with Crippen molar-refractivity contribution in [1.29, 1.82) is 0 Å². The number of nitrogens with zero attached hydrogens (tertiary/aromatic N) is 1. The maximum atomic E-state index is 14.5. The number of ether oxygens (including phenoxy) is 12. The highest BCUT2D eigenvalue weighted by Crippen LogP contribution is 2.49. The van der Waals surface area contributed by atoms with Crippen LogP contribution in [0.1, 0.15) is 69.3 Å². The number of pyridine rings is 1. The smallest absolute Gasteiger partial charge is 0.310 e. The Morgan fingerprint density at radius 2 is 1.60 bits per heavy atom. The molecular formula is C60H76IN3O21S3. The van der Waals surface area contributed by atoms with Crippen molar-refractivity contribution < 1.29 is 102 Å². The second kappa shape index (κ2) is 32.1. The van der Waals surface area contributed by atoms with Crippen molar-refractivity contribution in [3.63, 3.8) is 0 Å². The van der Waals surface area contributed by atoms with Gasteiger partial charge in [-0.2, -0.15) is 5.48 Å². The second-order valence-electron chi connectivity index (χ2n) is 21.3. The molecule has 0 saturated carbocycles. The van der Waals surface area contributed by atoms with Crippen molar-refractivity contribution in [2.24, 2.45) is 0 Å². The molecule has 4 aliphatic heterocycles. The van der Waals surface area contributed by atoms with E-state index in [2.05, 4.69) is 39.5 Å². The number of benzene rings is 1. The molecule has 7 N–H and O–H groups in total. The summed E-state index contributed by atoms with van der Waals surface area (Å²) >= 11 is 2.83. The van der Waals surface area contributed by atoms with E-state index in [1.54, 1.807) is 53.3 Å². The highest BCUT2D eigenvalue weighted by Gasteiger charge is 2.52. The van der Waals surface area contributed by atoms with Crippen molar-refractivity contribution >= 4 is 72.8 Å². The van der Waals surface area contributed by atoms with Gasteiger partial charge in [-0.1, -0.05) is 70.0 Å². The van der Waals surface area contributed by atoms with E-state index in [0.29, 0.717) is 15.7 Å². The molecule has 6 aliphatic rings. The zero-order valence-electron chi connectivity index (χ0n) is 50.2. The average molecular weight is 1400 g/mol. The first-order chi connectivity index (χ1) is 42.2. The van der Waals surface area contributed by atoms with Gasteiger partial charge >= 0.3 is 5.97 Å². The number of carbonyl (C=O) groups excluding carboxylic acids is 3. The molecule has 1 aromatic carbocycles. The Hall–Kier alpha value is -3.94. The van der Waals surface area contributed by atoms with Gasteiger partial charge in [-0.15, -0.1) is 0 Å². The summed E-state index contributed by atoms with van der Waals surface area (Å²) in [6.07, 6.45) is -9.87. The van der Waals surface area contributed by atoms with Crippen LogP contribution < -0.4 is 25.0 Å². The SMILES string of the molecule is CCN[C@H]1CO[C@@H](O[C@H]2[C@H](O[C@H]3C#C/C=C\C#C[C@]4(O)CC(=O)C(CC(=O)OC)=C3/C4=C\CSSc3ccncc3)O[C@H](C)[C@@H](NO[C@H]3C[C@H](O)[C@H](SC(=O)c4c(C)c(I)c(O[C@@H]5O[C@@H](C)[C@H](O)[C@@H](OC)[C@H]5O)c(OC)c4OC)[C@@H](C)O3)[C@H]2O)C[C@@H]1OC. The molecule has 2 aromatic rings. The summed E-state index contributed by atoms with van der Waals surface area (Å²) < 4.78 is 73.0. The van der Waals surface area contributed by atoms with Gasteiger partial charge in [0.1, 0.15) is 36.6 Å². The van der Waals surface area contributed by atoms with E-state index in [1.165, 1.54) is 62.2 Å². The molecule has 0 spiro atoms. The number of Topliss-reactive ketones (excluding diaryl/α,β-unsaturated/α-hetero) is 1. The van der Waals surface area contributed by atoms with Gasteiger partial charge in [0.05, 0.1) is 97.8 Å². The van der Waals surface area contributed by atoms with Crippen LogP contribution >= 0.6 is 55.9 Å². The Kier molecular flexibility index (Phi) is 25.5. The van der Waals surface area contributed by atoms with E-state index in [0.717, 1.165) is 16.7 Å². The number of thioether (sulfide) groups is 1. The molecule has 8 rings (SSSR count). The number of aliphatic hydroxyl groups is 5. The maximum Gasteiger partial charge on any atom is 0.310 e. The molecule has 24 nitrogen and oxygen atoms in total. The van der Waals surface area contributed by atoms with Gasteiger partial charge < -0.3 is 87.7 Å². The van der Waals surface area contributed by atoms with E-state index in [4.69, 9.17) is 61.7 Å². The molecule has 5 heterocycles. The van der Waals surface area contributed by atoms with Crippen molar-refractivity contribution in [3.8, 4) is 40.9 Å². The molecule has 2 bridgehead atoms. The maximum absolute atomic E-state index is 14.5. The number of aliphatic hydroxyl groups excluding tert-OH is 4. The largest absolute Gasteiger partial charge is 0.492 e. The number of ketones is 1. The van der Waals surface area contributed by atoms with Gasteiger partial charge in [-0.25, -0.2) is 0 Å². The Morgan fingerprint density at radius 1 is 0.875 bits per heavy atom. The second-order valence-corrected chi connectivity index (χ2v) is 26.0. The number of methoxy groups -OCH3 is 5. The predicted octanol–water partition coefficient (Wildman–Crippen LogP) is 3.62.